The zero-order valence-electron chi connectivity index (χ0n) is 8.99. The molecule has 0 saturated carbocycles. The number of nitrogens with one attached hydrogen (secondary N) is 1. The van der Waals surface area contributed by atoms with Gasteiger partial charge in [0.15, 0.2) is 0 Å². The largest absolute Gasteiger partial charge is 0.381 e. The van der Waals surface area contributed by atoms with Gasteiger partial charge in [-0.3, -0.25) is 0 Å². The molecule has 4 nitrogen and oxygen atoms in total. The fourth-order valence-corrected chi connectivity index (χ4v) is 4.76. The van der Waals surface area contributed by atoms with Gasteiger partial charge in [-0.1, -0.05) is 15.9 Å². The van der Waals surface area contributed by atoms with Gasteiger partial charge < -0.3 is 4.74 Å². The second-order valence-electron chi connectivity index (χ2n) is 3.11. The molecule has 1 aromatic heterocycles. The summed E-state index contributed by atoms with van der Waals surface area (Å²) in [5.41, 5.74) is 0. The zero-order chi connectivity index (χ0) is 12.7. The van der Waals surface area contributed by atoms with Crippen LogP contribution in [0, 0.1) is 0 Å². The normalized spacial score (nSPS) is 11.9. The highest BCUT2D eigenvalue weighted by atomic mass is 79.9. The van der Waals surface area contributed by atoms with Crippen molar-refractivity contribution in [3.8, 4) is 0 Å². The summed E-state index contributed by atoms with van der Waals surface area (Å²) in [4.78, 5) is 0. The lowest BCUT2D eigenvalue weighted by Crippen LogP contribution is -2.25. The quantitative estimate of drug-likeness (QED) is 0.533. The molecule has 98 valence electrons. The van der Waals surface area contributed by atoms with E-state index in [0.29, 0.717) is 34.9 Å². The minimum atomic E-state index is -3.38. The fraction of sp³-hybridized carbons (Fsp3) is 0.556. The molecule has 0 amide bonds. The lowest BCUT2D eigenvalue weighted by atomic mass is 10.5. The van der Waals surface area contributed by atoms with Gasteiger partial charge in [-0.15, -0.1) is 11.3 Å². The number of sulfonamides is 1. The van der Waals surface area contributed by atoms with E-state index in [4.69, 9.17) is 4.74 Å². The van der Waals surface area contributed by atoms with E-state index in [1.807, 2.05) is 0 Å². The molecule has 0 aliphatic heterocycles. The third-order valence-electron chi connectivity index (χ3n) is 1.81. The number of ether oxygens (including phenoxy) is 1. The Morgan fingerprint density at radius 1 is 1.41 bits per heavy atom. The Labute approximate surface area is 122 Å². The topological polar surface area (TPSA) is 55.4 Å². The van der Waals surface area contributed by atoms with Crippen LogP contribution in [0.3, 0.4) is 0 Å². The number of alkyl halides is 1. The molecule has 0 aromatic carbocycles. The first-order chi connectivity index (χ1) is 8.08. The molecule has 8 heteroatoms. The maximum atomic E-state index is 11.8. The lowest BCUT2D eigenvalue weighted by molar-refractivity contribution is 0.149. The number of thiophene rings is 1. The fourth-order valence-electron chi connectivity index (χ4n) is 1.07. The second kappa shape index (κ2) is 7.85. The number of hydrogen-bond donors (Lipinski definition) is 1. The van der Waals surface area contributed by atoms with Crippen molar-refractivity contribution in [2.75, 3.05) is 25.1 Å². The van der Waals surface area contributed by atoms with Crippen LogP contribution >= 0.6 is 43.2 Å². The van der Waals surface area contributed by atoms with Gasteiger partial charge in [0.1, 0.15) is 4.21 Å². The summed E-state index contributed by atoms with van der Waals surface area (Å²) in [5, 5.41) is 2.53. The van der Waals surface area contributed by atoms with Crippen LogP contribution < -0.4 is 4.72 Å². The molecule has 0 fully saturated rings. The summed E-state index contributed by atoms with van der Waals surface area (Å²) < 4.78 is 32.3. The molecule has 17 heavy (non-hydrogen) atoms. The lowest BCUT2D eigenvalue weighted by Gasteiger charge is -2.05. The Hall–Kier alpha value is 0.530. The summed E-state index contributed by atoms with van der Waals surface area (Å²) in [6.07, 6.45) is 0.662. The molecule has 0 radical (unpaired) electrons. The van der Waals surface area contributed by atoms with Crippen molar-refractivity contribution in [2.24, 2.45) is 0 Å². The number of hydrogen-bond acceptors (Lipinski definition) is 4. The average Bonchev–Trinajstić information content (AvgIpc) is 2.70. The first kappa shape index (κ1) is 15.6. The molecule has 0 atom stereocenters. The maximum Gasteiger partial charge on any atom is 0.251 e. The predicted octanol–water partition coefficient (Wildman–Crippen LogP) is 2.59. The van der Waals surface area contributed by atoms with Gasteiger partial charge >= 0.3 is 0 Å². The highest BCUT2D eigenvalue weighted by Crippen LogP contribution is 2.27. The van der Waals surface area contributed by atoms with E-state index in [1.54, 1.807) is 11.4 Å². The molecule has 0 aliphatic carbocycles. The molecule has 0 unspecified atom stereocenters. The van der Waals surface area contributed by atoms with E-state index in [0.717, 1.165) is 5.33 Å². The molecule has 0 spiro atoms. The summed E-state index contributed by atoms with van der Waals surface area (Å²) in [7, 11) is -3.38. The monoisotopic (exact) mass is 405 g/mol. The van der Waals surface area contributed by atoms with E-state index < -0.39 is 10.0 Å². The average molecular weight is 407 g/mol. The summed E-state index contributed by atoms with van der Waals surface area (Å²) in [5.74, 6) is 0. The van der Waals surface area contributed by atoms with E-state index in [2.05, 4.69) is 36.6 Å². The Morgan fingerprint density at radius 2 is 2.18 bits per heavy atom. The highest BCUT2D eigenvalue weighted by Gasteiger charge is 2.18. The van der Waals surface area contributed by atoms with Crippen LogP contribution in [0.2, 0.25) is 0 Å². The van der Waals surface area contributed by atoms with Crippen LogP contribution in [0.5, 0.6) is 0 Å². The van der Waals surface area contributed by atoms with Crippen molar-refractivity contribution < 1.29 is 13.2 Å². The maximum absolute atomic E-state index is 11.8. The third-order valence-corrected chi connectivity index (χ3v) is 6.26. The van der Waals surface area contributed by atoms with E-state index in [-0.39, 0.29) is 0 Å². The standard InChI is InChI=1S/C9H13Br2NO3S2/c10-3-6-15-5-1-4-12-17(13,14)9-8(11)2-7-16-9/h2,7,12H,1,3-6H2. The summed E-state index contributed by atoms with van der Waals surface area (Å²) >= 11 is 7.64. The molecule has 1 rings (SSSR count). The minimum Gasteiger partial charge on any atom is -0.381 e. The smallest absolute Gasteiger partial charge is 0.251 e. The molecule has 0 aliphatic rings. The van der Waals surface area contributed by atoms with Gasteiger partial charge in [-0.25, -0.2) is 13.1 Å². The SMILES string of the molecule is O=S(=O)(NCCCOCCBr)c1sccc1Br. The minimum absolute atomic E-state index is 0.318. The van der Waals surface area contributed by atoms with Crippen molar-refractivity contribution >= 4 is 53.2 Å². The highest BCUT2D eigenvalue weighted by molar-refractivity contribution is 9.10. The van der Waals surface area contributed by atoms with Crippen LogP contribution in [-0.4, -0.2) is 33.5 Å². The predicted molar refractivity (Wildman–Crippen MR) is 76.4 cm³/mol. The molecule has 1 heterocycles. The summed E-state index contributed by atoms with van der Waals surface area (Å²) in [6, 6.07) is 1.72. The molecule has 0 bridgehead atoms. The zero-order valence-corrected chi connectivity index (χ0v) is 13.8. The van der Waals surface area contributed by atoms with Gasteiger partial charge in [0.05, 0.1) is 6.61 Å². The molecule has 1 N–H and O–H groups in total. The third kappa shape index (κ3) is 5.35. The van der Waals surface area contributed by atoms with E-state index in [1.165, 1.54) is 11.3 Å². The van der Waals surface area contributed by atoms with Gasteiger partial charge in [0, 0.05) is 23.0 Å². The first-order valence-electron chi connectivity index (χ1n) is 4.94. The Kier molecular flexibility index (Phi) is 7.20. The van der Waals surface area contributed by atoms with Gasteiger partial charge in [0.25, 0.3) is 10.0 Å². The Bertz CT molecular complexity index is 433. The van der Waals surface area contributed by atoms with Gasteiger partial charge in [-0.2, -0.15) is 0 Å². The Balaban J connectivity index is 2.34. The molecular formula is C9H13Br2NO3S2. The van der Waals surface area contributed by atoms with Crippen molar-refractivity contribution in [3.63, 3.8) is 0 Å². The Morgan fingerprint density at radius 3 is 2.76 bits per heavy atom. The van der Waals surface area contributed by atoms with Crippen LogP contribution in [-0.2, 0) is 14.8 Å². The van der Waals surface area contributed by atoms with Crippen molar-refractivity contribution in [1.29, 1.82) is 0 Å². The van der Waals surface area contributed by atoms with Crippen molar-refractivity contribution in [1.82, 2.24) is 4.72 Å². The number of halogens is 2. The van der Waals surface area contributed by atoms with Crippen LogP contribution in [0.4, 0.5) is 0 Å². The second-order valence-corrected chi connectivity index (χ2v) is 7.63. The molecular weight excluding hydrogens is 394 g/mol. The van der Waals surface area contributed by atoms with Crippen molar-refractivity contribution in [3.05, 3.63) is 15.9 Å². The summed E-state index contributed by atoms with van der Waals surface area (Å²) in [6.45, 7) is 1.58. The van der Waals surface area contributed by atoms with Gasteiger partial charge in [-0.05, 0) is 33.8 Å². The van der Waals surface area contributed by atoms with Crippen LogP contribution in [0.25, 0.3) is 0 Å². The van der Waals surface area contributed by atoms with E-state index >= 15 is 0 Å². The van der Waals surface area contributed by atoms with Crippen LogP contribution in [0.15, 0.2) is 20.1 Å². The van der Waals surface area contributed by atoms with Gasteiger partial charge in [0.2, 0.25) is 0 Å². The molecule has 1 aromatic rings. The molecule has 0 saturated heterocycles. The number of rotatable bonds is 8. The first-order valence-corrected chi connectivity index (χ1v) is 9.22. The van der Waals surface area contributed by atoms with Crippen LogP contribution in [0.1, 0.15) is 6.42 Å². The van der Waals surface area contributed by atoms with E-state index in [9.17, 15) is 8.42 Å². The van der Waals surface area contributed by atoms with Crippen molar-refractivity contribution in [2.45, 2.75) is 10.6 Å².